The minimum atomic E-state index is -0.706. The van der Waals surface area contributed by atoms with Gasteiger partial charge in [0.2, 0.25) is 0 Å². The molecular weight excluding hydrogens is 274 g/mol. The molecule has 1 amide bonds. The summed E-state index contributed by atoms with van der Waals surface area (Å²) in [4.78, 5) is 21.4. The number of likely N-dealkylation sites (N-methyl/N-ethyl adjacent to an activating group) is 1. The van der Waals surface area contributed by atoms with Crippen molar-refractivity contribution < 1.29 is 14.8 Å². The van der Waals surface area contributed by atoms with Crippen molar-refractivity contribution in [2.45, 2.75) is 6.92 Å². The van der Waals surface area contributed by atoms with Crippen molar-refractivity contribution in [3.8, 4) is 5.75 Å². The first-order valence-electron chi connectivity index (χ1n) is 5.52. The first kappa shape index (κ1) is 17.1. The predicted octanol–water partition coefficient (Wildman–Crippen LogP) is 1.06. The second kappa shape index (κ2) is 8.28. The molecular formula is C11H16ClN3O4. The largest absolute Gasteiger partial charge is 0.502 e. The Morgan fingerprint density at radius 2 is 2.11 bits per heavy atom. The molecule has 0 heterocycles. The lowest BCUT2D eigenvalue weighted by molar-refractivity contribution is -0.385. The van der Waals surface area contributed by atoms with E-state index in [2.05, 4.69) is 10.6 Å². The number of amides is 1. The third-order valence-electron chi connectivity index (χ3n) is 2.27. The molecule has 0 bridgehead atoms. The van der Waals surface area contributed by atoms with Gasteiger partial charge in [-0.2, -0.15) is 0 Å². The molecule has 106 valence electrons. The van der Waals surface area contributed by atoms with Gasteiger partial charge in [-0.25, -0.2) is 0 Å². The lowest BCUT2D eigenvalue weighted by Gasteiger charge is -2.06. The molecule has 0 spiro atoms. The van der Waals surface area contributed by atoms with Crippen LogP contribution in [0.15, 0.2) is 18.2 Å². The lowest BCUT2D eigenvalue weighted by Crippen LogP contribution is -2.31. The van der Waals surface area contributed by atoms with Crippen LogP contribution < -0.4 is 10.6 Å². The van der Waals surface area contributed by atoms with Crippen LogP contribution in [0.1, 0.15) is 17.3 Å². The summed E-state index contributed by atoms with van der Waals surface area (Å²) in [6.45, 7) is 3.86. The van der Waals surface area contributed by atoms with Crippen molar-refractivity contribution >= 4 is 24.0 Å². The maximum atomic E-state index is 11.6. The molecule has 1 rings (SSSR count). The SMILES string of the molecule is CCNCCNC(=O)c1ccc([N+](=O)[O-])c(O)c1.Cl. The second-order valence-electron chi connectivity index (χ2n) is 3.57. The van der Waals surface area contributed by atoms with Gasteiger partial charge in [0, 0.05) is 24.7 Å². The first-order chi connectivity index (χ1) is 8.56. The Kier molecular flexibility index (Phi) is 7.47. The quantitative estimate of drug-likeness (QED) is 0.413. The zero-order chi connectivity index (χ0) is 13.5. The van der Waals surface area contributed by atoms with Crippen LogP contribution in [0.4, 0.5) is 5.69 Å². The molecule has 0 aliphatic rings. The van der Waals surface area contributed by atoms with Gasteiger partial charge in [-0.05, 0) is 18.7 Å². The van der Waals surface area contributed by atoms with Crippen molar-refractivity contribution in [3.63, 3.8) is 0 Å². The molecule has 0 saturated carbocycles. The number of hydrogen-bond acceptors (Lipinski definition) is 5. The van der Waals surface area contributed by atoms with E-state index in [1.54, 1.807) is 0 Å². The zero-order valence-corrected chi connectivity index (χ0v) is 11.2. The van der Waals surface area contributed by atoms with Gasteiger partial charge in [-0.1, -0.05) is 6.92 Å². The maximum absolute atomic E-state index is 11.6. The minimum absolute atomic E-state index is 0. The number of carbonyl (C=O) groups is 1. The van der Waals surface area contributed by atoms with Crippen LogP contribution in [0.25, 0.3) is 0 Å². The monoisotopic (exact) mass is 289 g/mol. The Hall–Kier alpha value is -1.86. The van der Waals surface area contributed by atoms with Crippen LogP contribution in [0.3, 0.4) is 0 Å². The number of halogens is 1. The predicted molar refractivity (Wildman–Crippen MR) is 72.9 cm³/mol. The van der Waals surface area contributed by atoms with Crippen molar-refractivity contribution in [1.82, 2.24) is 10.6 Å². The summed E-state index contributed by atoms with van der Waals surface area (Å²) in [5, 5.41) is 25.5. The number of phenols is 1. The first-order valence-corrected chi connectivity index (χ1v) is 5.52. The molecule has 1 aromatic carbocycles. The molecule has 0 atom stereocenters. The summed E-state index contributed by atoms with van der Waals surface area (Å²) in [7, 11) is 0. The van der Waals surface area contributed by atoms with Crippen molar-refractivity contribution in [1.29, 1.82) is 0 Å². The van der Waals surface area contributed by atoms with E-state index >= 15 is 0 Å². The molecule has 0 aliphatic carbocycles. The Morgan fingerprint density at radius 1 is 1.42 bits per heavy atom. The topological polar surface area (TPSA) is 104 Å². The number of rotatable bonds is 6. The number of nitro benzene ring substituents is 1. The van der Waals surface area contributed by atoms with E-state index in [-0.39, 0.29) is 23.9 Å². The lowest BCUT2D eigenvalue weighted by atomic mass is 10.2. The van der Waals surface area contributed by atoms with Gasteiger partial charge < -0.3 is 15.7 Å². The second-order valence-corrected chi connectivity index (χ2v) is 3.57. The number of phenolic OH excluding ortho intramolecular Hbond substituents is 1. The van der Waals surface area contributed by atoms with Crippen molar-refractivity contribution in [2.75, 3.05) is 19.6 Å². The number of benzene rings is 1. The molecule has 1 aromatic rings. The number of carbonyl (C=O) groups excluding carboxylic acids is 1. The minimum Gasteiger partial charge on any atom is -0.502 e. The molecule has 3 N–H and O–H groups in total. The third-order valence-corrected chi connectivity index (χ3v) is 2.27. The smallest absolute Gasteiger partial charge is 0.310 e. The number of nitrogens with zero attached hydrogens (tertiary/aromatic N) is 1. The third kappa shape index (κ3) is 5.11. The van der Waals surface area contributed by atoms with E-state index in [1.165, 1.54) is 6.07 Å². The molecule has 0 fully saturated rings. The average Bonchev–Trinajstić information content (AvgIpc) is 2.33. The number of nitrogens with one attached hydrogen (secondary N) is 2. The van der Waals surface area contributed by atoms with Crippen LogP contribution in [0.5, 0.6) is 5.75 Å². The average molecular weight is 290 g/mol. The Labute approximate surface area is 116 Å². The fourth-order valence-electron chi connectivity index (χ4n) is 1.36. The zero-order valence-electron chi connectivity index (χ0n) is 10.4. The van der Waals surface area contributed by atoms with Crippen molar-refractivity contribution in [3.05, 3.63) is 33.9 Å². The molecule has 0 aromatic heterocycles. The van der Waals surface area contributed by atoms with E-state index in [1.807, 2.05) is 6.92 Å². The van der Waals surface area contributed by atoms with E-state index in [4.69, 9.17) is 0 Å². The van der Waals surface area contributed by atoms with Gasteiger partial charge in [-0.15, -0.1) is 12.4 Å². The molecule has 0 unspecified atom stereocenters. The number of nitro groups is 1. The van der Waals surface area contributed by atoms with E-state index in [0.717, 1.165) is 18.7 Å². The van der Waals surface area contributed by atoms with Crippen molar-refractivity contribution in [2.24, 2.45) is 0 Å². The van der Waals surface area contributed by atoms with Crippen LogP contribution in [-0.4, -0.2) is 35.6 Å². The van der Waals surface area contributed by atoms with Gasteiger partial charge in [0.1, 0.15) is 0 Å². The molecule has 7 nitrogen and oxygen atoms in total. The normalized spacial score (nSPS) is 9.53. The van der Waals surface area contributed by atoms with Crippen LogP contribution >= 0.6 is 12.4 Å². The summed E-state index contributed by atoms with van der Waals surface area (Å²) >= 11 is 0. The van der Waals surface area contributed by atoms with Gasteiger partial charge in [0.15, 0.2) is 5.75 Å². The summed E-state index contributed by atoms with van der Waals surface area (Å²) in [6.07, 6.45) is 0. The summed E-state index contributed by atoms with van der Waals surface area (Å²) in [5.74, 6) is -0.891. The Morgan fingerprint density at radius 3 is 2.63 bits per heavy atom. The van der Waals surface area contributed by atoms with Gasteiger partial charge >= 0.3 is 5.69 Å². The fraction of sp³-hybridized carbons (Fsp3) is 0.364. The molecule has 19 heavy (non-hydrogen) atoms. The standard InChI is InChI=1S/C11H15N3O4.ClH/c1-2-12-5-6-13-11(16)8-3-4-9(14(17)18)10(15)7-8;/h3-4,7,12,15H,2,5-6H2,1H3,(H,13,16);1H. The molecule has 0 saturated heterocycles. The fourth-order valence-corrected chi connectivity index (χ4v) is 1.36. The summed E-state index contributed by atoms with van der Waals surface area (Å²) in [5.41, 5.74) is -0.228. The Bertz CT molecular complexity index is 454. The highest BCUT2D eigenvalue weighted by atomic mass is 35.5. The van der Waals surface area contributed by atoms with E-state index in [0.29, 0.717) is 13.1 Å². The number of aromatic hydroxyl groups is 1. The molecule has 8 heteroatoms. The van der Waals surface area contributed by atoms with Crippen LogP contribution in [0.2, 0.25) is 0 Å². The maximum Gasteiger partial charge on any atom is 0.310 e. The van der Waals surface area contributed by atoms with Gasteiger partial charge in [0.05, 0.1) is 4.92 Å². The van der Waals surface area contributed by atoms with Crippen LogP contribution in [-0.2, 0) is 0 Å². The van der Waals surface area contributed by atoms with E-state index in [9.17, 15) is 20.0 Å². The molecule has 0 aliphatic heterocycles. The van der Waals surface area contributed by atoms with E-state index < -0.39 is 16.4 Å². The highest BCUT2D eigenvalue weighted by molar-refractivity contribution is 5.95. The Balaban J connectivity index is 0.00000324. The number of hydrogen-bond donors (Lipinski definition) is 3. The highest BCUT2D eigenvalue weighted by Gasteiger charge is 2.15. The van der Waals surface area contributed by atoms with Gasteiger partial charge in [-0.3, -0.25) is 14.9 Å². The molecule has 0 radical (unpaired) electrons. The highest BCUT2D eigenvalue weighted by Crippen LogP contribution is 2.25. The summed E-state index contributed by atoms with van der Waals surface area (Å²) < 4.78 is 0. The van der Waals surface area contributed by atoms with Crippen LogP contribution in [0, 0.1) is 10.1 Å². The summed E-state index contributed by atoms with van der Waals surface area (Å²) in [6, 6.07) is 3.50. The van der Waals surface area contributed by atoms with Gasteiger partial charge in [0.25, 0.3) is 5.91 Å².